The average molecular weight is 144 g/mol. The highest BCUT2D eigenvalue weighted by molar-refractivity contribution is 7.16. The highest BCUT2D eigenvalue weighted by atomic mass is 31.0. The molecule has 54 valence electrons. The van der Waals surface area contributed by atoms with Crippen molar-refractivity contribution in [1.29, 1.82) is 0 Å². The first-order chi connectivity index (χ1) is 4.43. The fourth-order valence-corrected chi connectivity index (χ4v) is 1.45. The third-order valence-electron chi connectivity index (χ3n) is 2.01. The number of rotatable bonds is 5. The molecule has 0 aliphatic heterocycles. The Labute approximate surface area is 60.6 Å². The molecule has 0 amide bonds. The molecule has 0 radical (unpaired) electrons. The van der Waals surface area contributed by atoms with Gasteiger partial charge in [-0.15, -0.1) is 9.24 Å². The number of hydrogen-bond acceptors (Lipinski definition) is 0. The van der Waals surface area contributed by atoms with Crippen LogP contribution in [0.3, 0.4) is 0 Å². The first kappa shape index (κ1) is 7.54. The van der Waals surface area contributed by atoms with Crippen molar-refractivity contribution in [2.24, 2.45) is 5.92 Å². The van der Waals surface area contributed by atoms with Crippen LogP contribution in [0, 0.1) is 5.92 Å². The van der Waals surface area contributed by atoms with E-state index in [0.717, 1.165) is 5.92 Å². The summed E-state index contributed by atoms with van der Waals surface area (Å²) in [6.45, 7) is 0. The van der Waals surface area contributed by atoms with Crippen LogP contribution in [0.25, 0.3) is 0 Å². The van der Waals surface area contributed by atoms with Crippen LogP contribution in [0.5, 0.6) is 0 Å². The minimum absolute atomic E-state index is 1.15. The molecule has 0 spiro atoms. The fourth-order valence-electron chi connectivity index (χ4n) is 1.16. The van der Waals surface area contributed by atoms with Crippen molar-refractivity contribution < 1.29 is 0 Å². The van der Waals surface area contributed by atoms with Gasteiger partial charge in [-0.05, 0) is 18.5 Å². The van der Waals surface area contributed by atoms with Crippen LogP contribution in [0.4, 0.5) is 0 Å². The standard InChI is InChI=1S/C8H17P/c9-7-3-1-2-4-8-5-6-8/h8H,1-7,9H2. The van der Waals surface area contributed by atoms with Gasteiger partial charge in [0.15, 0.2) is 0 Å². The van der Waals surface area contributed by atoms with E-state index < -0.39 is 0 Å². The van der Waals surface area contributed by atoms with Gasteiger partial charge in [0.2, 0.25) is 0 Å². The van der Waals surface area contributed by atoms with Crippen molar-refractivity contribution in [3.05, 3.63) is 0 Å². The summed E-state index contributed by atoms with van der Waals surface area (Å²) >= 11 is 0. The Kier molecular flexibility index (Phi) is 3.58. The zero-order valence-electron chi connectivity index (χ0n) is 6.10. The van der Waals surface area contributed by atoms with Gasteiger partial charge in [0.05, 0.1) is 0 Å². The second kappa shape index (κ2) is 4.28. The zero-order chi connectivity index (χ0) is 6.53. The molecule has 0 saturated heterocycles. The van der Waals surface area contributed by atoms with Crippen LogP contribution in [-0.4, -0.2) is 6.16 Å². The van der Waals surface area contributed by atoms with Crippen LogP contribution in [0.15, 0.2) is 0 Å². The van der Waals surface area contributed by atoms with E-state index in [1.54, 1.807) is 0 Å². The third-order valence-corrected chi connectivity index (χ3v) is 2.42. The lowest BCUT2D eigenvalue weighted by Crippen LogP contribution is -1.79. The van der Waals surface area contributed by atoms with E-state index in [0.29, 0.717) is 0 Å². The maximum atomic E-state index is 2.79. The van der Waals surface area contributed by atoms with E-state index in [-0.39, 0.29) is 0 Å². The molecule has 1 atom stereocenters. The Balaban J connectivity index is 1.71. The predicted molar refractivity (Wildman–Crippen MR) is 45.8 cm³/mol. The Morgan fingerprint density at radius 3 is 2.44 bits per heavy atom. The Bertz CT molecular complexity index is 67.0. The molecular weight excluding hydrogens is 127 g/mol. The van der Waals surface area contributed by atoms with Gasteiger partial charge in [-0.1, -0.05) is 32.1 Å². The summed E-state index contributed by atoms with van der Waals surface area (Å²) in [5.41, 5.74) is 0. The second-order valence-electron chi connectivity index (χ2n) is 3.08. The lowest BCUT2D eigenvalue weighted by Gasteiger charge is -1.95. The molecule has 0 aromatic carbocycles. The summed E-state index contributed by atoms with van der Waals surface area (Å²) in [7, 11) is 2.79. The third kappa shape index (κ3) is 3.92. The second-order valence-corrected chi connectivity index (χ2v) is 3.66. The van der Waals surface area contributed by atoms with E-state index in [1.807, 2.05) is 0 Å². The Morgan fingerprint density at radius 1 is 1.11 bits per heavy atom. The summed E-state index contributed by atoms with van der Waals surface area (Å²) in [5.74, 6) is 1.15. The average Bonchev–Trinajstić information content (AvgIpc) is 2.63. The minimum Gasteiger partial charge on any atom is -0.138 e. The monoisotopic (exact) mass is 144 g/mol. The smallest absolute Gasteiger partial charge is 0.0381 e. The molecule has 1 fully saturated rings. The normalized spacial score (nSPS) is 18.3. The Morgan fingerprint density at radius 2 is 1.89 bits per heavy atom. The van der Waals surface area contributed by atoms with Crippen molar-refractivity contribution in [2.45, 2.75) is 38.5 Å². The molecule has 0 heterocycles. The summed E-state index contributed by atoms with van der Waals surface area (Å²) in [4.78, 5) is 0. The van der Waals surface area contributed by atoms with E-state index in [9.17, 15) is 0 Å². The Hall–Kier alpha value is 0.430. The van der Waals surface area contributed by atoms with Crippen molar-refractivity contribution in [2.75, 3.05) is 6.16 Å². The largest absolute Gasteiger partial charge is 0.138 e. The lowest BCUT2D eigenvalue weighted by molar-refractivity contribution is 0.623. The highest BCUT2D eigenvalue weighted by Gasteiger charge is 2.19. The molecule has 1 heteroatoms. The van der Waals surface area contributed by atoms with Gasteiger partial charge in [0, 0.05) is 0 Å². The van der Waals surface area contributed by atoms with Crippen molar-refractivity contribution in [1.82, 2.24) is 0 Å². The summed E-state index contributed by atoms with van der Waals surface area (Å²) in [6, 6.07) is 0. The number of unbranched alkanes of at least 4 members (excludes halogenated alkanes) is 2. The molecule has 1 saturated carbocycles. The SMILES string of the molecule is PCCCCCC1CC1. The van der Waals surface area contributed by atoms with Crippen LogP contribution in [-0.2, 0) is 0 Å². The van der Waals surface area contributed by atoms with Crippen molar-refractivity contribution in [3.8, 4) is 0 Å². The molecule has 1 aliphatic carbocycles. The lowest BCUT2D eigenvalue weighted by atomic mass is 10.1. The van der Waals surface area contributed by atoms with Gasteiger partial charge < -0.3 is 0 Å². The van der Waals surface area contributed by atoms with Gasteiger partial charge >= 0.3 is 0 Å². The molecule has 1 rings (SSSR count). The van der Waals surface area contributed by atoms with Gasteiger partial charge in [0.25, 0.3) is 0 Å². The van der Waals surface area contributed by atoms with Crippen molar-refractivity contribution >= 4 is 9.24 Å². The van der Waals surface area contributed by atoms with Gasteiger partial charge in [-0.3, -0.25) is 0 Å². The summed E-state index contributed by atoms with van der Waals surface area (Å²) < 4.78 is 0. The van der Waals surface area contributed by atoms with Crippen LogP contribution < -0.4 is 0 Å². The fraction of sp³-hybridized carbons (Fsp3) is 1.00. The molecule has 0 bridgehead atoms. The van der Waals surface area contributed by atoms with E-state index >= 15 is 0 Å². The summed E-state index contributed by atoms with van der Waals surface area (Å²) in [5, 5.41) is 0. The molecular formula is C8H17P. The molecule has 0 aromatic rings. The van der Waals surface area contributed by atoms with E-state index in [1.165, 1.54) is 44.7 Å². The van der Waals surface area contributed by atoms with Gasteiger partial charge in [-0.25, -0.2) is 0 Å². The van der Waals surface area contributed by atoms with Gasteiger partial charge in [-0.2, -0.15) is 0 Å². The molecule has 1 aliphatic rings. The zero-order valence-corrected chi connectivity index (χ0v) is 7.26. The maximum absolute atomic E-state index is 2.79. The first-order valence-corrected chi connectivity index (χ1v) is 4.95. The van der Waals surface area contributed by atoms with Gasteiger partial charge in [0.1, 0.15) is 0 Å². The highest BCUT2D eigenvalue weighted by Crippen LogP contribution is 2.33. The first-order valence-electron chi connectivity index (χ1n) is 4.13. The van der Waals surface area contributed by atoms with Crippen LogP contribution in [0.1, 0.15) is 38.5 Å². The maximum Gasteiger partial charge on any atom is -0.0381 e. The predicted octanol–water partition coefficient (Wildman–Crippen LogP) is 2.83. The molecule has 1 unspecified atom stereocenters. The molecule has 9 heavy (non-hydrogen) atoms. The topological polar surface area (TPSA) is 0 Å². The molecule has 0 aromatic heterocycles. The van der Waals surface area contributed by atoms with Crippen LogP contribution >= 0.6 is 9.24 Å². The minimum atomic E-state index is 1.15. The van der Waals surface area contributed by atoms with E-state index in [4.69, 9.17) is 0 Å². The molecule has 0 nitrogen and oxygen atoms in total. The quantitative estimate of drug-likeness (QED) is 0.411. The van der Waals surface area contributed by atoms with E-state index in [2.05, 4.69) is 9.24 Å². The van der Waals surface area contributed by atoms with Crippen molar-refractivity contribution in [3.63, 3.8) is 0 Å². The molecule has 0 N–H and O–H groups in total. The van der Waals surface area contributed by atoms with Crippen LogP contribution in [0.2, 0.25) is 0 Å². The number of hydrogen-bond donors (Lipinski definition) is 0. The summed E-state index contributed by atoms with van der Waals surface area (Å²) in [6.07, 6.45) is 10.2.